The second-order valence-electron chi connectivity index (χ2n) is 9.27. The van der Waals surface area contributed by atoms with Crippen molar-refractivity contribution in [3.05, 3.63) is 71.8 Å². The lowest BCUT2D eigenvalue weighted by Gasteiger charge is -2.50. The zero-order chi connectivity index (χ0) is 18.7. The van der Waals surface area contributed by atoms with Gasteiger partial charge in [-0.05, 0) is 34.8 Å². The minimum Gasteiger partial charge on any atom is -0.389 e. The van der Waals surface area contributed by atoms with Gasteiger partial charge in [-0.25, -0.2) is 0 Å². The van der Waals surface area contributed by atoms with Crippen LogP contribution in [0.25, 0.3) is 0 Å². The number of rotatable bonds is 5. The SMILES string of the molecule is CC(C)(C)C(O)(CCC(c1ccccc1)c1ccccc1)C(C)(C)C. The van der Waals surface area contributed by atoms with E-state index in [9.17, 15) is 5.11 Å². The van der Waals surface area contributed by atoms with E-state index in [1.165, 1.54) is 11.1 Å². The number of benzene rings is 2. The molecule has 0 saturated heterocycles. The lowest BCUT2D eigenvalue weighted by atomic mass is 9.60. The van der Waals surface area contributed by atoms with Crippen molar-refractivity contribution in [3.8, 4) is 0 Å². The van der Waals surface area contributed by atoms with Gasteiger partial charge in [0.1, 0.15) is 0 Å². The van der Waals surface area contributed by atoms with Crippen LogP contribution in [0.15, 0.2) is 60.7 Å². The fourth-order valence-corrected chi connectivity index (χ4v) is 4.12. The fraction of sp³-hybridized carbons (Fsp3) is 0.500. The molecule has 0 bridgehead atoms. The third-order valence-corrected chi connectivity index (χ3v) is 5.68. The molecule has 0 saturated carbocycles. The van der Waals surface area contributed by atoms with Crippen LogP contribution in [0.2, 0.25) is 0 Å². The average molecular weight is 339 g/mol. The van der Waals surface area contributed by atoms with Gasteiger partial charge < -0.3 is 5.11 Å². The Morgan fingerprint density at radius 1 is 0.680 bits per heavy atom. The van der Waals surface area contributed by atoms with Gasteiger partial charge in [-0.15, -0.1) is 0 Å². The molecule has 0 unspecified atom stereocenters. The van der Waals surface area contributed by atoms with Crippen molar-refractivity contribution in [2.45, 2.75) is 65.9 Å². The minimum atomic E-state index is -0.734. The summed E-state index contributed by atoms with van der Waals surface area (Å²) in [6, 6.07) is 21.3. The maximum absolute atomic E-state index is 11.6. The standard InChI is InChI=1S/C24H34O/c1-22(2,3)24(25,23(4,5)6)18-17-21(19-13-9-7-10-14-19)20-15-11-8-12-16-20/h7-16,21,25H,17-18H2,1-6H3. The predicted molar refractivity (Wildman–Crippen MR) is 108 cm³/mol. The second kappa shape index (κ2) is 7.33. The summed E-state index contributed by atoms with van der Waals surface area (Å²) in [5.41, 5.74) is 1.55. The first-order valence-electron chi connectivity index (χ1n) is 9.38. The third-order valence-electron chi connectivity index (χ3n) is 5.68. The minimum absolute atomic E-state index is 0.177. The molecular formula is C24H34O. The maximum Gasteiger partial charge on any atom is 0.0744 e. The second-order valence-corrected chi connectivity index (χ2v) is 9.27. The van der Waals surface area contributed by atoms with Gasteiger partial charge in [-0.3, -0.25) is 0 Å². The molecule has 136 valence electrons. The molecule has 0 aliphatic rings. The Bertz CT molecular complexity index is 590. The van der Waals surface area contributed by atoms with E-state index >= 15 is 0 Å². The Morgan fingerprint density at radius 3 is 1.36 bits per heavy atom. The van der Waals surface area contributed by atoms with Crippen molar-refractivity contribution in [1.29, 1.82) is 0 Å². The summed E-state index contributed by atoms with van der Waals surface area (Å²) in [5, 5.41) is 11.6. The van der Waals surface area contributed by atoms with Gasteiger partial charge in [0.2, 0.25) is 0 Å². The summed E-state index contributed by atoms with van der Waals surface area (Å²) < 4.78 is 0. The molecule has 0 aromatic heterocycles. The molecule has 0 heterocycles. The van der Waals surface area contributed by atoms with Crippen molar-refractivity contribution in [2.24, 2.45) is 10.8 Å². The monoisotopic (exact) mass is 338 g/mol. The maximum atomic E-state index is 11.6. The highest BCUT2D eigenvalue weighted by Crippen LogP contribution is 2.48. The molecule has 0 aliphatic heterocycles. The number of aliphatic hydroxyl groups is 1. The third kappa shape index (κ3) is 4.33. The van der Waals surface area contributed by atoms with Gasteiger partial charge >= 0.3 is 0 Å². The Balaban J connectivity index is 2.35. The van der Waals surface area contributed by atoms with E-state index in [2.05, 4.69) is 102 Å². The van der Waals surface area contributed by atoms with Crippen LogP contribution in [0.5, 0.6) is 0 Å². The molecular weight excluding hydrogens is 304 g/mol. The molecule has 0 amide bonds. The van der Waals surface area contributed by atoms with Gasteiger partial charge in [0, 0.05) is 5.92 Å². The van der Waals surface area contributed by atoms with Gasteiger partial charge in [0.15, 0.2) is 0 Å². The van der Waals surface area contributed by atoms with Crippen LogP contribution in [0.3, 0.4) is 0 Å². The molecule has 0 aliphatic carbocycles. The highest BCUT2D eigenvalue weighted by atomic mass is 16.3. The smallest absolute Gasteiger partial charge is 0.0744 e. The molecule has 1 N–H and O–H groups in total. The summed E-state index contributed by atoms with van der Waals surface area (Å²) in [6.45, 7) is 12.9. The van der Waals surface area contributed by atoms with Crippen LogP contribution in [-0.4, -0.2) is 10.7 Å². The first-order valence-corrected chi connectivity index (χ1v) is 9.38. The van der Waals surface area contributed by atoms with Crippen molar-refractivity contribution >= 4 is 0 Å². The Labute approximate surface area is 154 Å². The largest absolute Gasteiger partial charge is 0.389 e. The molecule has 2 rings (SSSR count). The summed E-state index contributed by atoms with van der Waals surface area (Å²) in [4.78, 5) is 0. The molecule has 2 aromatic carbocycles. The summed E-state index contributed by atoms with van der Waals surface area (Å²) in [7, 11) is 0. The van der Waals surface area contributed by atoms with Crippen molar-refractivity contribution in [2.75, 3.05) is 0 Å². The summed E-state index contributed by atoms with van der Waals surface area (Å²) >= 11 is 0. The topological polar surface area (TPSA) is 20.2 Å². The summed E-state index contributed by atoms with van der Waals surface area (Å²) in [5.74, 6) is 0.304. The Kier molecular flexibility index (Phi) is 5.79. The van der Waals surface area contributed by atoms with Crippen molar-refractivity contribution in [1.82, 2.24) is 0 Å². The zero-order valence-electron chi connectivity index (χ0n) is 16.7. The van der Waals surface area contributed by atoms with E-state index in [1.807, 2.05) is 0 Å². The van der Waals surface area contributed by atoms with Crippen LogP contribution in [0.1, 0.15) is 71.4 Å². The molecule has 0 fully saturated rings. The van der Waals surface area contributed by atoms with E-state index in [0.717, 1.165) is 12.8 Å². The van der Waals surface area contributed by atoms with Gasteiger partial charge in [0.05, 0.1) is 5.60 Å². The molecule has 0 atom stereocenters. The highest BCUT2D eigenvalue weighted by Gasteiger charge is 2.48. The van der Waals surface area contributed by atoms with Gasteiger partial charge in [-0.1, -0.05) is 102 Å². The molecule has 1 heteroatoms. The molecule has 1 nitrogen and oxygen atoms in total. The van der Waals surface area contributed by atoms with Gasteiger partial charge in [-0.2, -0.15) is 0 Å². The molecule has 0 radical (unpaired) electrons. The van der Waals surface area contributed by atoms with E-state index in [4.69, 9.17) is 0 Å². The first kappa shape index (κ1) is 19.7. The molecule has 0 spiro atoms. The van der Waals surface area contributed by atoms with Crippen LogP contribution < -0.4 is 0 Å². The zero-order valence-corrected chi connectivity index (χ0v) is 16.7. The van der Waals surface area contributed by atoms with E-state index < -0.39 is 5.60 Å². The molecule has 25 heavy (non-hydrogen) atoms. The highest BCUT2D eigenvalue weighted by molar-refractivity contribution is 5.32. The van der Waals surface area contributed by atoms with E-state index in [1.54, 1.807) is 0 Å². The first-order chi connectivity index (χ1) is 11.6. The lowest BCUT2D eigenvalue weighted by Crippen LogP contribution is -2.53. The number of hydrogen-bond donors (Lipinski definition) is 1. The van der Waals surface area contributed by atoms with Gasteiger partial charge in [0.25, 0.3) is 0 Å². The average Bonchev–Trinajstić information content (AvgIpc) is 2.55. The normalized spacial score (nSPS) is 13.3. The van der Waals surface area contributed by atoms with E-state index in [-0.39, 0.29) is 10.8 Å². The quantitative estimate of drug-likeness (QED) is 0.666. The fourth-order valence-electron chi connectivity index (χ4n) is 4.12. The Hall–Kier alpha value is -1.60. The molecule has 2 aromatic rings. The van der Waals surface area contributed by atoms with Crippen LogP contribution >= 0.6 is 0 Å². The predicted octanol–water partition coefficient (Wildman–Crippen LogP) is 6.42. The lowest BCUT2D eigenvalue weighted by molar-refractivity contribution is -0.143. The van der Waals surface area contributed by atoms with Crippen molar-refractivity contribution < 1.29 is 5.11 Å². The number of hydrogen-bond acceptors (Lipinski definition) is 1. The van der Waals surface area contributed by atoms with Crippen LogP contribution in [-0.2, 0) is 0 Å². The van der Waals surface area contributed by atoms with E-state index in [0.29, 0.717) is 5.92 Å². The van der Waals surface area contributed by atoms with Crippen molar-refractivity contribution in [3.63, 3.8) is 0 Å². The van der Waals surface area contributed by atoms with Crippen LogP contribution in [0.4, 0.5) is 0 Å². The summed E-state index contributed by atoms with van der Waals surface area (Å²) in [6.07, 6.45) is 1.70. The Morgan fingerprint density at radius 2 is 1.04 bits per heavy atom. The van der Waals surface area contributed by atoms with Crippen LogP contribution in [0, 0.1) is 10.8 Å².